The molecular formula is C26H23N3O5S. The van der Waals surface area contributed by atoms with Gasteiger partial charge in [0.2, 0.25) is 0 Å². The fourth-order valence-electron chi connectivity index (χ4n) is 3.76. The number of nitrogens with zero attached hydrogens (tertiary/aromatic N) is 1. The normalized spacial score (nSPS) is 13.4. The zero-order chi connectivity index (χ0) is 24.3. The maximum absolute atomic E-state index is 12.7. The average Bonchev–Trinajstić information content (AvgIpc) is 3.55. The molecule has 0 bridgehead atoms. The molecular weight excluding hydrogens is 466 g/mol. The van der Waals surface area contributed by atoms with E-state index in [1.54, 1.807) is 24.3 Å². The molecule has 2 N–H and O–H groups in total. The van der Waals surface area contributed by atoms with Crippen molar-refractivity contribution in [1.29, 1.82) is 0 Å². The Bertz CT molecular complexity index is 1520. The second-order valence-corrected chi connectivity index (χ2v) is 9.77. The highest BCUT2D eigenvalue weighted by Gasteiger charge is 2.19. The molecule has 0 fully saturated rings. The number of aliphatic imine (C=N–C) groups is 1. The van der Waals surface area contributed by atoms with Gasteiger partial charge in [0.25, 0.3) is 15.9 Å². The second-order valence-electron chi connectivity index (χ2n) is 8.08. The van der Waals surface area contributed by atoms with E-state index in [-0.39, 0.29) is 17.3 Å². The molecule has 9 heteroatoms. The van der Waals surface area contributed by atoms with Gasteiger partial charge in [-0.15, -0.1) is 0 Å². The van der Waals surface area contributed by atoms with Crippen LogP contribution >= 0.6 is 0 Å². The van der Waals surface area contributed by atoms with E-state index in [1.165, 1.54) is 12.1 Å². The fraction of sp³-hybridized carbons (Fsp3) is 0.154. The molecule has 1 aliphatic heterocycles. The number of anilines is 1. The predicted octanol–water partition coefficient (Wildman–Crippen LogP) is 4.73. The molecule has 3 aromatic carbocycles. The Morgan fingerprint density at radius 1 is 0.971 bits per heavy atom. The van der Waals surface area contributed by atoms with Gasteiger partial charge in [0.05, 0.1) is 4.90 Å². The van der Waals surface area contributed by atoms with Crippen LogP contribution in [-0.2, 0) is 16.6 Å². The van der Waals surface area contributed by atoms with Gasteiger partial charge in [-0.25, -0.2) is 8.42 Å². The van der Waals surface area contributed by atoms with Gasteiger partial charge < -0.3 is 14.5 Å². The molecule has 35 heavy (non-hydrogen) atoms. The Hall–Kier alpha value is -4.11. The largest absolute Gasteiger partial charge is 0.486 e. The van der Waals surface area contributed by atoms with Crippen LogP contribution in [0.2, 0.25) is 0 Å². The van der Waals surface area contributed by atoms with Crippen molar-refractivity contribution < 1.29 is 22.4 Å². The summed E-state index contributed by atoms with van der Waals surface area (Å²) >= 11 is 0. The van der Waals surface area contributed by atoms with E-state index >= 15 is 0 Å². The van der Waals surface area contributed by atoms with Crippen molar-refractivity contribution >= 4 is 38.2 Å². The second kappa shape index (κ2) is 9.63. The van der Waals surface area contributed by atoms with Crippen LogP contribution in [0.15, 0.2) is 93.2 Å². The molecule has 0 radical (unpaired) electrons. The molecule has 0 aliphatic carbocycles. The van der Waals surface area contributed by atoms with Crippen molar-refractivity contribution in [3.05, 3.63) is 90.4 Å². The molecule has 2 heterocycles. The maximum Gasteiger partial charge on any atom is 0.291 e. The van der Waals surface area contributed by atoms with E-state index in [0.29, 0.717) is 36.0 Å². The molecule has 0 spiro atoms. The number of hydrogen-bond acceptors (Lipinski definition) is 6. The summed E-state index contributed by atoms with van der Waals surface area (Å²) in [6, 6.07) is 23.0. The number of rotatable bonds is 7. The van der Waals surface area contributed by atoms with Crippen LogP contribution in [0, 0.1) is 0 Å². The SMILES string of the molecule is O=C(Nc1cccc(S(=O)(=O)NC2=NCCC2)c1)c1ccc(COc2ccc3ccccc3c2)o1. The molecule has 178 valence electrons. The number of ether oxygens (including phenoxy) is 1. The van der Waals surface area contributed by atoms with E-state index in [0.717, 1.165) is 17.2 Å². The molecule has 1 amide bonds. The Morgan fingerprint density at radius 2 is 1.83 bits per heavy atom. The number of fused-ring (bicyclic) bond motifs is 1. The van der Waals surface area contributed by atoms with Crippen molar-refractivity contribution in [3.63, 3.8) is 0 Å². The minimum Gasteiger partial charge on any atom is -0.486 e. The molecule has 8 nitrogen and oxygen atoms in total. The van der Waals surface area contributed by atoms with Gasteiger partial charge in [-0.1, -0.05) is 36.4 Å². The summed E-state index contributed by atoms with van der Waals surface area (Å²) in [5, 5.41) is 4.87. The summed E-state index contributed by atoms with van der Waals surface area (Å²) in [6.45, 7) is 0.779. The molecule has 0 saturated carbocycles. The monoisotopic (exact) mass is 489 g/mol. The van der Waals surface area contributed by atoms with Crippen LogP contribution in [0.3, 0.4) is 0 Å². The van der Waals surface area contributed by atoms with Gasteiger partial charge in [-0.2, -0.15) is 0 Å². The molecule has 0 atom stereocenters. The molecule has 1 aliphatic rings. The van der Waals surface area contributed by atoms with E-state index in [9.17, 15) is 13.2 Å². The standard InChI is InChI=1S/C26H23N3O5S/c30-26(28-20-7-3-8-23(16-20)35(31,32)29-25-9-4-14-27-25)24-13-12-22(34-24)17-33-21-11-10-18-5-1-2-6-19(18)15-21/h1-3,5-8,10-13,15-16H,4,9,14,17H2,(H,27,29)(H,28,30). The van der Waals surface area contributed by atoms with E-state index in [1.807, 2.05) is 42.5 Å². The Morgan fingerprint density at radius 3 is 2.66 bits per heavy atom. The van der Waals surface area contributed by atoms with Gasteiger partial charge >= 0.3 is 0 Å². The topological polar surface area (TPSA) is 110 Å². The Balaban J connectivity index is 1.22. The Labute approximate surface area is 202 Å². The fourth-order valence-corrected chi connectivity index (χ4v) is 4.89. The first-order valence-electron chi connectivity index (χ1n) is 11.1. The first-order chi connectivity index (χ1) is 17.0. The maximum atomic E-state index is 12.7. The van der Waals surface area contributed by atoms with Crippen LogP contribution in [0.25, 0.3) is 10.8 Å². The number of carbonyl (C=O) groups is 1. The van der Waals surface area contributed by atoms with Crippen molar-refractivity contribution in [1.82, 2.24) is 4.72 Å². The minimum atomic E-state index is -3.78. The minimum absolute atomic E-state index is 0.0359. The summed E-state index contributed by atoms with van der Waals surface area (Å²) in [7, 11) is -3.78. The third-order valence-corrected chi connectivity index (χ3v) is 6.90. The van der Waals surface area contributed by atoms with Gasteiger partial charge in [0.1, 0.15) is 24.0 Å². The first kappa shape index (κ1) is 22.7. The highest BCUT2D eigenvalue weighted by atomic mass is 32.2. The summed E-state index contributed by atoms with van der Waals surface area (Å²) < 4.78 is 39.2. The lowest BCUT2D eigenvalue weighted by Gasteiger charge is -2.09. The van der Waals surface area contributed by atoms with Crippen LogP contribution in [0.1, 0.15) is 29.2 Å². The van der Waals surface area contributed by atoms with Gasteiger partial charge in [-0.05, 0) is 59.7 Å². The summed E-state index contributed by atoms with van der Waals surface area (Å²) in [6.07, 6.45) is 1.42. The van der Waals surface area contributed by atoms with Crippen molar-refractivity contribution in [2.45, 2.75) is 24.3 Å². The lowest BCUT2D eigenvalue weighted by atomic mass is 10.1. The lowest BCUT2D eigenvalue weighted by Crippen LogP contribution is -2.29. The summed E-state index contributed by atoms with van der Waals surface area (Å²) in [5.74, 6) is 1.23. The third-order valence-electron chi connectivity index (χ3n) is 5.52. The van der Waals surface area contributed by atoms with Crippen LogP contribution in [0.5, 0.6) is 5.75 Å². The van der Waals surface area contributed by atoms with Crippen molar-refractivity contribution in [3.8, 4) is 5.75 Å². The number of amides is 1. The average molecular weight is 490 g/mol. The molecule has 4 aromatic rings. The van der Waals surface area contributed by atoms with Crippen molar-refractivity contribution in [2.75, 3.05) is 11.9 Å². The Kier molecular flexibility index (Phi) is 6.24. The van der Waals surface area contributed by atoms with Crippen LogP contribution in [-0.4, -0.2) is 26.7 Å². The summed E-state index contributed by atoms with van der Waals surface area (Å²) in [4.78, 5) is 16.8. The highest BCUT2D eigenvalue weighted by Crippen LogP contribution is 2.22. The number of amidine groups is 1. The number of furan rings is 1. The van der Waals surface area contributed by atoms with Gasteiger partial charge in [-0.3, -0.25) is 14.5 Å². The predicted molar refractivity (Wildman–Crippen MR) is 133 cm³/mol. The smallest absolute Gasteiger partial charge is 0.291 e. The molecule has 0 unspecified atom stereocenters. The zero-order valence-corrected chi connectivity index (χ0v) is 19.5. The van der Waals surface area contributed by atoms with Crippen LogP contribution in [0.4, 0.5) is 5.69 Å². The van der Waals surface area contributed by atoms with Gasteiger partial charge in [0.15, 0.2) is 5.76 Å². The number of hydrogen-bond donors (Lipinski definition) is 2. The third kappa shape index (κ3) is 5.36. The number of carbonyl (C=O) groups excluding carboxylic acids is 1. The number of sulfonamides is 1. The summed E-state index contributed by atoms with van der Waals surface area (Å²) in [5.41, 5.74) is 0.330. The molecule has 1 aromatic heterocycles. The van der Waals surface area contributed by atoms with E-state index in [4.69, 9.17) is 9.15 Å². The number of benzene rings is 3. The quantitative estimate of drug-likeness (QED) is 0.390. The van der Waals surface area contributed by atoms with E-state index in [2.05, 4.69) is 15.0 Å². The molecule has 5 rings (SSSR count). The number of nitrogens with one attached hydrogen (secondary N) is 2. The highest BCUT2D eigenvalue weighted by molar-refractivity contribution is 7.90. The first-order valence-corrected chi connectivity index (χ1v) is 12.6. The molecule has 0 saturated heterocycles. The van der Waals surface area contributed by atoms with Crippen LogP contribution < -0.4 is 14.8 Å². The lowest BCUT2D eigenvalue weighted by molar-refractivity contribution is 0.0992. The zero-order valence-electron chi connectivity index (χ0n) is 18.7. The van der Waals surface area contributed by atoms with Gasteiger partial charge in [0, 0.05) is 18.7 Å². The van der Waals surface area contributed by atoms with Crippen molar-refractivity contribution in [2.24, 2.45) is 4.99 Å². The van der Waals surface area contributed by atoms with E-state index < -0.39 is 15.9 Å².